The van der Waals surface area contributed by atoms with Gasteiger partial charge in [0.1, 0.15) is 11.6 Å². The number of anilines is 1. The van der Waals surface area contributed by atoms with E-state index in [0.717, 1.165) is 5.75 Å². The number of rotatable bonds is 4. The molecule has 0 radical (unpaired) electrons. The third kappa shape index (κ3) is 3.60. The van der Waals surface area contributed by atoms with Crippen LogP contribution in [0.15, 0.2) is 36.7 Å². The highest BCUT2D eigenvalue weighted by atomic mass is 35.5. The Hall–Kier alpha value is -1.81. The summed E-state index contributed by atoms with van der Waals surface area (Å²) in [5.41, 5.74) is 6.05. The summed E-state index contributed by atoms with van der Waals surface area (Å²) in [6.45, 7) is 0.519. The first-order chi connectivity index (χ1) is 8.24. The predicted octanol–water partition coefficient (Wildman–Crippen LogP) is 2.33. The Morgan fingerprint density at radius 2 is 1.76 bits per heavy atom. The summed E-state index contributed by atoms with van der Waals surface area (Å²) >= 11 is 5.77. The Bertz CT molecular complexity index is 425. The fourth-order valence-electron chi connectivity index (χ4n) is 1.28. The van der Waals surface area contributed by atoms with Gasteiger partial charge in [0.15, 0.2) is 0 Å². The van der Waals surface area contributed by atoms with Crippen molar-refractivity contribution < 1.29 is 4.74 Å². The van der Waals surface area contributed by atoms with Crippen LogP contribution in [0.25, 0.3) is 0 Å². The summed E-state index contributed by atoms with van der Waals surface area (Å²) in [4.78, 5) is 8.17. The maximum atomic E-state index is 5.77. The van der Waals surface area contributed by atoms with Crippen LogP contribution in [-0.4, -0.2) is 16.6 Å². The average Bonchev–Trinajstić information content (AvgIpc) is 2.34. The molecule has 88 valence electrons. The van der Waals surface area contributed by atoms with Crippen LogP contribution in [-0.2, 0) is 6.42 Å². The second-order valence-corrected chi connectivity index (χ2v) is 3.92. The first-order valence-corrected chi connectivity index (χ1v) is 5.56. The minimum Gasteiger partial charge on any atom is -0.493 e. The molecule has 0 saturated heterocycles. The molecule has 17 heavy (non-hydrogen) atoms. The summed E-state index contributed by atoms with van der Waals surface area (Å²) in [5.74, 6) is 1.50. The van der Waals surface area contributed by atoms with Gasteiger partial charge in [0, 0.05) is 11.4 Å². The highest BCUT2D eigenvalue weighted by Crippen LogP contribution is 2.15. The van der Waals surface area contributed by atoms with Gasteiger partial charge in [-0.05, 0) is 24.3 Å². The monoisotopic (exact) mass is 249 g/mol. The molecule has 2 N–H and O–H groups in total. The summed E-state index contributed by atoms with van der Waals surface area (Å²) < 4.78 is 5.53. The van der Waals surface area contributed by atoms with E-state index < -0.39 is 0 Å². The van der Waals surface area contributed by atoms with E-state index in [4.69, 9.17) is 22.1 Å². The third-order valence-electron chi connectivity index (χ3n) is 2.13. The Morgan fingerprint density at radius 3 is 2.41 bits per heavy atom. The second-order valence-electron chi connectivity index (χ2n) is 3.49. The second kappa shape index (κ2) is 5.50. The van der Waals surface area contributed by atoms with Crippen LogP contribution in [0.4, 0.5) is 5.69 Å². The Morgan fingerprint density at radius 1 is 1.12 bits per heavy atom. The number of hydrogen-bond donors (Lipinski definition) is 1. The lowest BCUT2D eigenvalue weighted by Gasteiger charge is -2.05. The number of halogens is 1. The number of nitrogen functional groups attached to an aromatic ring is 1. The van der Waals surface area contributed by atoms with Crippen molar-refractivity contribution in [3.63, 3.8) is 0 Å². The smallest absolute Gasteiger partial charge is 0.131 e. The van der Waals surface area contributed by atoms with Crippen LogP contribution >= 0.6 is 11.6 Å². The minimum absolute atomic E-state index is 0.519. The van der Waals surface area contributed by atoms with Crippen molar-refractivity contribution in [3.05, 3.63) is 47.5 Å². The summed E-state index contributed by atoms with van der Waals surface area (Å²) in [6.07, 6.45) is 3.82. The molecule has 0 spiro atoms. The standard InChI is InChI=1S/C12H12ClN3O/c13-9-1-3-11(4-2-9)17-6-5-12-15-7-10(14)8-16-12/h1-4,7-8H,5-6,14H2. The lowest BCUT2D eigenvalue weighted by Crippen LogP contribution is -2.05. The van der Waals surface area contributed by atoms with Gasteiger partial charge in [-0.25, -0.2) is 9.97 Å². The van der Waals surface area contributed by atoms with Crippen molar-refractivity contribution in [3.8, 4) is 5.75 Å². The van der Waals surface area contributed by atoms with E-state index in [9.17, 15) is 0 Å². The molecular weight excluding hydrogens is 238 g/mol. The van der Waals surface area contributed by atoms with Gasteiger partial charge < -0.3 is 10.5 Å². The number of benzene rings is 1. The lowest BCUT2D eigenvalue weighted by molar-refractivity contribution is 0.319. The topological polar surface area (TPSA) is 61.0 Å². The van der Waals surface area contributed by atoms with Gasteiger partial charge in [0.25, 0.3) is 0 Å². The SMILES string of the molecule is Nc1cnc(CCOc2ccc(Cl)cc2)nc1. The summed E-state index contributed by atoms with van der Waals surface area (Å²) in [5, 5.41) is 0.694. The molecule has 0 fully saturated rings. The number of ether oxygens (including phenoxy) is 1. The van der Waals surface area contributed by atoms with Gasteiger partial charge >= 0.3 is 0 Å². The molecule has 0 aliphatic rings. The molecule has 0 atom stereocenters. The fraction of sp³-hybridized carbons (Fsp3) is 0.167. The van der Waals surface area contributed by atoms with E-state index in [-0.39, 0.29) is 0 Å². The molecule has 0 aliphatic heterocycles. The van der Waals surface area contributed by atoms with Gasteiger partial charge in [-0.3, -0.25) is 0 Å². The van der Waals surface area contributed by atoms with Crippen LogP contribution in [0.5, 0.6) is 5.75 Å². The number of nitrogens with zero attached hydrogens (tertiary/aromatic N) is 2. The molecule has 0 amide bonds. The molecule has 4 nitrogen and oxygen atoms in total. The van der Waals surface area contributed by atoms with Gasteiger partial charge in [-0.2, -0.15) is 0 Å². The average molecular weight is 250 g/mol. The molecule has 0 aliphatic carbocycles. The zero-order chi connectivity index (χ0) is 12.1. The van der Waals surface area contributed by atoms with Gasteiger partial charge in [0.05, 0.1) is 24.7 Å². The molecule has 1 aromatic carbocycles. The van der Waals surface area contributed by atoms with Crippen LogP contribution in [0.1, 0.15) is 5.82 Å². The lowest BCUT2D eigenvalue weighted by atomic mass is 10.3. The van der Waals surface area contributed by atoms with E-state index in [1.54, 1.807) is 24.5 Å². The summed E-state index contributed by atoms with van der Waals surface area (Å²) in [6, 6.07) is 7.23. The van der Waals surface area contributed by atoms with Gasteiger partial charge in [-0.1, -0.05) is 11.6 Å². The van der Waals surface area contributed by atoms with Crippen molar-refractivity contribution in [1.29, 1.82) is 0 Å². The predicted molar refractivity (Wildman–Crippen MR) is 67.1 cm³/mol. The molecular formula is C12H12ClN3O. The van der Waals surface area contributed by atoms with Crippen molar-refractivity contribution in [2.75, 3.05) is 12.3 Å². The van der Waals surface area contributed by atoms with Crippen LogP contribution in [0, 0.1) is 0 Å². The first kappa shape index (κ1) is 11.7. The fourth-order valence-corrected chi connectivity index (χ4v) is 1.41. The van der Waals surface area contributed by atoms with E-state index in [1.807, 2.05) is 12.1 Å². The van der Waals surface area contributed by atoms with Crippen molar-refractivity contribution in [2.24, 2.45) is 0 Å². The Balaban J connectivity index is 1.83. The molecule has 2 aromatic rings. The molecule has 5 heteroatoms. The quantitative estimate of drug-likeness (QED) is 0.904. The Labute approximate surface area is 104 Å². The molecule has 0 bridgehead atoms. The largest absolute Gasteiger partial charge is 0.493 e. The van der Waals surface area contributed by atoms with Crippen LogP contribution < -0.4 is 10.5 Å². The summed E-state index contributed by atoms with van der Waals surface area (Å²) in [7, 11) is 0. The third-order valence-corrected chi connectivity index (χ3v) is 2.39. The van der Waals surface area contributed by atoms with E-state index >= 15 is 0 Å². The zero-order valence-electron chi connectivity index (χ0n) is 9.14. The van der Waals surface area contributed by atoms with Gasteiger partial charge in [-0.15, -0.1) is 0 Å². The zero-order valence-corrected chi connectivity index (χ0v) is 9.89. The maximum absolute atomic E-state index is 5.77. The van der Waals surface area contributed by atoms with Crippen molar-refractivity contribution in [2.45, 2.75) is 6.42 Å². The number of hydrogen-bond acceptors (Lipinski definition) is 4. The molecule has 2 rings (SSSR count). The van der Waals surface area contributed by atoms with Crippen molar-refractivity contribution >= 4 is 17.3 Å². The van der Waals surface area contributed by atoms with E-state index in [1.165, 1.54) is 0 Å². The van der Waals surface area contributed by atoms with Gasteiger partial charge in [0.2, 0.25) is 0 Å². The Kier molecular flexibility index (Phi) is 3.77. The minimum atomic E-state index is 0.519. The highest BCUT2D eigenvalue weighted by Gasteiger charge is 1.98. The molecule has 1 aromatic heterocycles. The first-order valence-electron chi connectivity index (χ1n) is 5.19. The maximum Gasteiger partial charge on any atom is 0.131 e. The molecule has 0 saturated carbocycles. The van der Waals surface area contributed by atoms with Crippen molar-refractivity contribution in [1.82, 2.24) is 9.97 Å². The molecule has 0 unspecified atom stereocenters. The van der Waals surface area contributed by atoms with E-state index in [0.29, 0.717) is 29.6 Å². The van der Waals surface area contributed by atoms with Crippen LogP contribution in [0.3, 0.4) is 0 Å². The number of nitrogens with two attached hydrogens (primary N) is 1. The highest BCUT2D eigenvalue weighted by molar-refractivity contribution is 6.30. The normalized spacial score (nSPS) is 10.2. The van der Waals surface area contributed by atoms with E-state index in [2.05, 4.69) is 9.97 Å². The molecule has 1 heterocycles. The van der Waals surface area contributed by atoms with Crippen LogP contribution in [0.2, 0.25) is 5.02 Å². The number of aromatic nitrogens is 2.